The molecule has 2 aromatic rings. The first-order valence-electron chi connectivity index (χ1n) is 10.7. The number of ether oxygens (including phenoxy) is 1. The van der Waals surface area contributed by atoms with Crippen LogP contribution in [0.1, 0.15) is 43.5 Å². The van der Waals surface area contributed by atoms with Crippen LogP contribution in [-0.2, 0) is 10.0 Å². The summed E-state index contributed by atoms with van der Waals surface area (Å²) in [6.45, 7) is 5.82. The summed E-state index contributed by atoms with van der Waals surface area (Å²) < 4.78 is 32.8. The maximum atomic E-state index is 12.8. The molecule has 1 aliphatic heterocycles. The fraction of sp³-hybridized carbons (Fsp3) is 0.391. The van der Waals surface area contributed by atoms with E-state index in [1.165, 1.54) is 0 Å². The number of piperidine rings is 1. The first-order valence-corrected chi connectivity index (χ1v) is 12.6. The molecule has 0 unspecified atom stereocenters. The molecular weight excluding hydrogens is 446 g/mol. The molecule has 3 rings (SSSR count). The highest BCUT2D eigenvalue weighted by Gasteiger charge is 2.27. The molecule has 0 spiro atoms. The molecule has 1 saturated heterocycles. The summed E-state index contributed by atoms with van der Waals surface area (Å²) in [4.78, 5) is 12.7. The number of thiocarbonyl (C=S) groups is 1. The molecule has 0 radical (unpaired) electrons. The van der Waals surface area contributed by atoms with Gasteiger partial charge in [0.25, 0.3) is 5.91 Å². The number of nitrogens with one attached hydrogen (secondary N) is 2. The highest BCUT2D eigenvalue weighted by Crippen LogP contribution is 2.24. The van der Waals surface area contributed by atoms with Gasteiger partial charge in [-0.1, -0.05) is 19.9 Å². The van der Waals surface area contributed by atoms with Crippen LogP contribution in [0.15, 0.2) is 53.4 Å². The van der Waals surface area contributed by atoms with Crippen molar-refractivity contribution in [2.24, 2.45) is 5.92 Å². The molecule has 0 atom stereocenters. The van der Waals surface area contributed by atoms with E-state index in [0.717, 1.165) is 19.3 Å². The van der Waals surface area contributed by atoms with Gasteiger partial charge in [-0.05, 0) is 79.9 Å². The molecular formula is C23H29N3O4S2. The van der Waals surface area contributed by atoms with Crippen LogP contribution in [0.25, 0.3) is 0 Å². The Kier molecular flexibility index (Phi) is 8.22. The molecule has 0 aliphatic carbocycles. The molecule has 7 nitrogen and oxygen atoms in total. The van der Waals surface area contributed by atoms with Crippen molar-refractivity contribution in [3.8, 4) is 5.75 Å². The molecule has 1 aliphatic rings. The molecule has 1 fully saturated rings. The molecule has 2 N–H and O–H groups in total. The quantitative estimate of drug-likeness (QED) is 0.588. The van der Waals surface area contributed by atoms with Crippen LogP contribution in [-0.4, -0.2) is 43.4 Å². The van der Waals surface area contributed by atoms with E-state index in [-0.39, 0.29) is 15.9 Å². The van der Waals surface area contributed by atoms with Gasteiger partial charge in [-0.25, -0.2) is 8.42 Å². The number of nitrogens with zero attached hydrogens (tertiary/aromatic N) is 1. The van der Waals surface area contributed by atoms with Crippen LogP contribution >= 0.6 is 12.2 Å². The summed E-state index contributed by atoms with van der Waals surface area (Å²) in [7, 11) is -3.51. The van der Waals surface area contributed by atoms with Crippen molar-refractivity contribution in [3.05, 3.63) is 54.1 Å². The van der Waals surface area contributed by atoms with Gasteiger partial charge in [0, 0.05) is 24.3 Å². The predicted octanol–water partition coefficient (Wildman–Crippen LogP) is 4.02. The molecule has 1 heterocycles. The number of carbonyl (C=O) groups is 1. The Labute approximate surface area is 195 Å². The van der Waals surface area contributed by atoms with E-state index < -0.39 is 10.0 Å². The number of rotatable bonds is 7. The van der Waals surface area contributed by atoms with Crippen LogP contribution < -0.4 is 15.4 Å². The lowest BCUT2D eigenvalue weighted by molar-refractivity contribution is 0.0977. The molecule has 0 bridgehead atoms. The average molecular weight is 476 g/mol. The zero-order valence-corrected chi connectivity index (χ0v) is 20.0. The van der Waals surface area contributed by atoms with Crippen LogP contribution in [0.5, 0.6) is 5.75 Å². The van der Waals surface area contributed by atoms with Gasteiger partial charge in [0.2, 0.25) is 10.0 Å². The fourth-order valence-electron chi connectivity index (χ4n) is 3.37. The van der Waals surface area contributed by atoms with Gasteiger partial charge in [-0.2, -0.15) is 4.31 Å². The highest BCUT2D eigenvalue weighted by atomic mass is 32.2. The number of hydrogen-bond donors (Lipinski definition) is 2. The first kappa shape index (κ1) is 24.2. The third-order valence-corrected chi connectivity index (χ3v) is 7.41. The molecule has 0 aromatic heterocycles. The second kappa shape index (κ2) is 10.9. The lowest BCUT2D eigenvalue weighted by Gasteiger charge is -2.29. The molecule has 0 saturated carbocycles. The number of carbonyl (C=O) groups excluding carboxylic acids is 1. The van der Waals surface area contributed by atoms with Crippen molar-refractivity contribution in [2.45, 2.75) is 38.0 Å². The minimum absolute atomic E-state index is 0.121. The summed E-state index contributed by atoms with van der Waals surface area (Å²) in [5.74, 6) is 0.817. The molecule has 172 valence electrons. The van der Waals surface area contributed by atoms with Gasteiger partial charge in [0.05, 0.1) is 11.5 Å². The number of benzene rings is 2. The lowest BCUT2D eigenvalue weighted by Crippen LogP contribution is -2.37. The number of anilines is 1. The van der Waals surface area contributed by atoms with Crippen LogP contribution in [0.2, 0.25) is 0 Å². The van der Waals surface area contributed by atoms with Crippen LogP contribution in [0.3, 0.4) is 0 Å². The number of sulfonamides is 1. The van der Waals surface area contributed by atoms with Crippen molar-refractivity contribution in [1.82, 2.24) is 9.62 Å². The van der Waals surface area contributed by atoms with E-state index in [1.807, 2.05) is 6.92 Å². The third kappa shape index (κ3) is 6.27. The van der Waals surface area contributed by atoms with Crippen molar-refractivity contribution in [3.63, 3.8) is 0 Å². The smallest absolute Gasteiger partial charge is 0.257 e. The number of amides is 1. The maximum absolute atomic E-state index is 12.8. The first-order chi connectivity index (χ1) is 15.3. The minimum atomic E-state index is -3.51. The third-order valence-electron chi connectivity index (χ3n) is 5.29. The zero-order chi connectivity index (χ0) is 23.1. The number of hydrogen-bond acceptors (Lipinski definition) is 5. The topological polar surface area (TPSA) is 87.7 Å². The predicted molar refractivity (Wildman–Crippen MR) is 130 cm³/mol. The van der Waals surface area contributed by atoms with E-state index in [1.54, 1.807) is 52.8 Å². The van der Waals surface area contributed by atoms with Gasteiger partial charge in [0.15, 0.2) is 5.11 Å². The Balaban J connectivity index is 1.58. The van der Waals surface area contributed by atoms with Crippen molar-refractivity contribution in [2.75, 3.05) is 25.0 Å². The summed E-state index contributed by atoms with van der Waals surface area (Å²) in [6, 6.07) is 13.3. The van der Waals surface area contributed by atoms with Crippen molar-refractivity contribution < 1.29 is 17.9 Å². The van der Waals surface area contributed by atoms with Gasteiger partial charge in [-0.15, -0.1) is 0 Å². The fourth-order valence-corrected chi connectivity index (χ4v) is 5.05. The minimum Gasteiger partial charge on any atom is -0.494 e. The van der Waals surface area contributed by atoms with Gasteiger partial charge < -0.3 is 10.1 Å². The molecule has 32 heavy (non-hydrogen) atoms. The summed E-state index contributed by atoms with van der Waals surface area (Å²) >= 11 is 5.23. The monoisotopic (exact) mass is 475 g/mol. The average Bonchev–Trinajstić information content (AvgIpc) is 2.78. The highest BCUT2D eigenvalue weighted by molar-refractivity contribution is 7.89. The van der Waals surface area contributed by atoms with Crippen molar-refractivity contribution in [1.29, 1.82) is 0 Å². The van der Waals surface area contributed by atoms with Gasteiger partial charge in [-0.3, -0.25) is 10.1 Å². The molecule has 9 heteroatoms. The standard InChI is InChI=1S/C23H29N3O4S2/c1-3-15-30-20-6-4-5-18(16-20)22(27)25-23(31)24-19-7-9-21(10-8-19)32(28,29)26-13-11-17(2)12-14-26/h4-10,16-17H,3,11-15H2,1-2H3,(H2,24,25,27,31). The van der Waals surface area contributed by atoms with Gasteiger partial charge >= 0.3 is 0 Å². The SMILES string of the molecule is CCCOc1cccc(C(=O)NC(=S)Nc2ccc(S(=O)(=O)N3CCC(C)CC3)cc2)c1. The van der Waals surface area contributed by atoms with E-state index in [2.05, 4.69) is 17.6 Å². The van der Waals surface area contributed by atoms with Gasteiger partial charge in [0.1, 0.15) is 5.75 Å². The second-order valence-electron chi connectivity index (χ2n) is 7.90. The van der Waals surface area contributed by atoms with Crippen LogP contribution in [0, 0.1) is 5.92 Å². The summed E-state index contributed by atoms with van der Waals surface area (Å²) in [5, 5.41) is 5.66. The Morgan fingerprint density at radius 3 is 2.50 bits per heavy atom. The summed E-state index contributed by atoms with van der Waals surface area (Å²) in [5.41, 5.74) is 1.02. The van der Waals surface area contributed by atoms with Crippen molar-refractivity contribution >= 4 is 38.9 Å². The normalized spacial score (nSPS) is 15.2. The summed E-state index contributed by atoms with van der Waals surface area (Å²) in [6.07, 6.45) is 2.63. The molecule has 2 aromatic carbocycles. The Bertz CT molecular complexity index is 1050. The maximum Gasteiger partial charge on any atom is 0.257 e. The zero-order valence-electron chi connectivity index (χ0n) is 18.3. The van der Waals surface area contributed by atoms with E-state index in [4.69, 9.17) is 17.0 Å². The largest absolute Gasteiger partial charge is 0.494 e. The van der Waals surface area contributed by atoms with E-state index >= 15 is 0 Å². The van der Waals surface area contributed by atoms with Crippen LogP contribution in [0.4, 0.5) is 5.69 Å². The Morgan fingerprint density at radius 1 is 1.16 bits per heavy atom. The van der Waals surface area contributed by atoms with E-state index in [9.17, 15) is 13.2 Å². The Hall–Kier alpha value is -2.49. The Morgan fingerprint density at radius 2 is 1.84 bits per heavy atom. The molecule has 1 amide bonds. The lowest BCUT2D eigenvalue weighted by atomic mass is 10.0. The second-order valence-corrected chi connectivity index (χ2v) is 10.2. The van der Waals surface area contributed by atoms with E-state index in [0.29, 0.717) is 42.6 Å².